The Morgan fingerprint density at radius 1 is 1.03 bits per heavy atom. The fourth-order valence-electron chi connectivity index (χ4n) is 2.99. The first-order valence-corrected chi connectivity index (χ1v) is 9.90. The Morgan fingerprint density at radius 3 is 2.32 bits per heavy atom. The molecule has 0 saturated carbocycles. The van der Waals surface area contributed by atoms with Crippen LogP contribution >= 0.6 is 0 Å². The lowest BCUT2D eigenvalue weighted by Crippen LogP contribution is -2.23. The smallest absolute Gasteiger partial charge is 0.262 e. The number of rotatable bonds is 9. The lowest BCUT2D eigenvalue weighted by atomic mass is 10.1. The number of nitrogens with zero attached hydrogens (tertiary/aromatic N) is 1. The van der Waals surface area contributed by atoms with E-state index in [-0.39, 0.29) is 12.1 Å². The summed E-state index contributed by atoms with van der Waals surface area (Å²) in [5, 5.41) is 12.0. The lowest BCUT2D eigenvalue weighted by molar-refractivity contribution is -0.117. The van der Waals surface area contributed by atoms with Crippen molar-refractivity contribution in [3.05, 3.63) is 88.9 Å². The van der Waals surface area contributed by atoms with E-state index >= 15 is 0 Å². The zero-order chi connectivity index (χ0) is 22.1. The summed E-state index contributed by atoms with van der Waals surface area (Å²) in [6.45, 7) is 5.13. The molecular formula is C25H24N2O4. The van der Waals surface area contributed by atoms with E-state index in [0.717, 1.165) is 22.4 Å². The summed E-state index contributed by atoms with van der Waals surface area (Å²) in [5.41, 5.74) is 3.06. The van der Waals surface area contributed by atoms with Gasteiger partial charge in [-0.25, -0.2) is 0 Å². The molecule has 0 aliphatic rings. The van der Waals surface area contributed by atoms with Gasteiger partial charge in [-0.05, 0) is 73.0 Å². The van der Waals surface area contributed by atoms with Gasteiger partial charge in [0.2, 0.25) is 0 Å². The number of aryl methyl sites for hydroxylation is 2. The minimum absolute atomic E-state index is 0.0158. The molecule has 2 aromatic carbocycles. The standard InChI is InChI=1S/C25H24N2O4/c1-18-12-19(2)14-24(13-18)31-11-10-30-22-7-5-20(6-8-22)15-21(16-26)25(28)27-17-23-4-3-9-29-23/h3-9,12-15H,10-11,17H2,1-2H3,(H,27,28)/b21-15+. The third-order valence-corrected chi connectivity index (χ3v) is 4.38. The normalized spacial score (nSPS) is 10.9. The van der Waals surface area contributed by atoms with Crippen molar-refractivity contribution in [2.75, 3.05) is 13.2 Å². The van der Waals surface area contributed by atoms with Crippen LogP contribution in [0.2, 0.25) is 0 Å². The van der Waals surface area contributed by atoms with Crippen molar-refractivity contribution in [2.45, 2.75) is 20.4 Å². The zero-order valence-electron chi connectivity index (χ0n) is 17.6. The van der Waals surface area contributed by atoms with E-state index in [2.05, 4.69) is 11.4 Å². The van der Waals surface area contributed by atoms with Crippen LogP contribution in [0.4, 0.5) is 0 Å². The van der Waals surface area contributed by atoms with Crippen molar-refractivity contribution in [3.8, 4) is 17.6 Å². The van der Waals surface area contributed by atoms with Gasteiger partial charge < -0.3 is 19.2 Å². The summed E-state index contributed by atoms with van der Waals surface area (Å²) in [4.78, 5) is 12.2. The van der Waals surface area contributed by atoms with Gasteiger partial charge in [-0.2, -0.15) is 5.26 Å². The molecule has 0 saturated heterocycles. The van der Waals surface area contributed by atoms with Gasteiger partial charge >= 0.3 is 0 Å². The van der Waals surface area contributed by atoms with E-state index in [4.69, 9.17) is 13.9 Å². The van der Waals surface area contributed by atoms with Gasteiger partial charge in [0.05, 0.1) is 12.8 Å². The largest absolute Gasteiger partial charge is 0.490 e. The van der Waals surface area contributed by atoms with Crippen LogP contribution < -0.4 is 14.8 Å². The van der Waals surface area contributed by atoms with Crippen molar-refractivity contribution in [2.24, 2.45) is 0 Å². The maximum absolute atomic E-state index is 12.2. The van der Waals surface area contributed by atoms with Crippen LogP contribution in [0.25, 0.3) is 6.08 Å². The van der Waals surface area contributed by atoms with Gasteiger partial charge in [0.25, 0.3) is 5.91 Å². The van der Waals surface area contributed by atoms with Crippen LogP contribution in [0.15, 0.2) is 70.9 Å². The Bertz CT molecular complexity index is 1060. The van der Waals surface area contributed by atoms with Crippen LogP contribution in [0.1, 0.15) is 22.5 Å². The molecule has 6 heteroatoms. The topological polar surface area (TPSA) is 84.5 Å². The summed E-state index contributed by atoms with van der Waals surface area (Å²) >= 11 is 0. The molecule has 0 atom stereocenters. The Balaban J connectivity index is 1.49. The molecule has 0 aliphatic carbocycles. The first-order valence-electron chi connectivity index (χ1n) is 9.90. The number of amides is 1. The number of nitrogens with one attached hydrogen (secondary N) is 1. The Morgan fingerprint density at radius 2 is 1.71 bits per heavy atom. The van der Waals surface area contributed by atoms with E-state index in [1.807, 2.05) is 32.0 Å². The number of nitriles is 1. The summed E-state index contributed by atoms with van der Waals surface area (Å²) in [6, 6.07) is 18.7. The molecule has 3 aromatic rings. The molecule has 6 nitrogen and oxygen atoms in total. The predicted molar refractivity (Wildman–Crippen MR) is 117 cm³/mol. The number of hydrogen-bond acceptors (Lipinski definition) is 5. The molecule has 0 radical (unpaired) electrons. The average Bonchev–Trinajstić information content (AvgIpc) is 3.27. The van der Waals surface area contributed by atoms with E-state index in [1.165, 1.54) is 12.3 Å². The summed E-state index contributed by atoms with van der Waals surface area (Å²) in [6.07, 6.45) is 3.06. The molecule has 0 bridgehead atoms. The first kappa shape index (κ1) is 21.7. The van der Waals surface area contributed by atoms with Crippen molar-refractivity contribution in [3.63, 3.8) is 0 Å². The number of ether oxygens (including phenoxy) is 2. The van der Waals surface area contributed by atoms with Crippen LogP contribution in [0.5, 0.6) is 11.5 Å². The molecule has 1 amide bonds. The molecular weight excluding hydrogens is 392 g/mol. The molecule has 0 aliphatic heterocycles. The third-order valence-electron chi connectivity index (χ3n) is 4.38. The first-order chi connectivity index (χ1) is 15.0. The van der Waals surface area contributed by atoms with Crippen molar-refractivity contribution < 1.29 is 18.7 Å². The van der Waals surface area contributed by atoms with Crippen molar-refractivity contribution >= 4 is 12.0 Å². The third kappa shape index (κ3) is 6.79. The SMILES string of the molecule is Cc1cc(C)cc(OCCOc2ccc(/C=C(\C#N)C(=O)NCc3ccco3)cc2)c1. The van der Waals surface area contributed by atoms with Crippen LogP contribution in [0, 0.1) is 25.2 Å². The second-order valence-electron chi connectivity index (χ2n) is 7.02. The number of furan rings is 1. The van der Waals surface area contributed by atoms with Crippen LogP contribution in [0.3, 0.4) is 0 Å². The van der Waals surface area contributed by atoms with E-state index in [9.17, 15) is 10.1 Å². The van der Waals surface area contributed by atoms with Gasteiger partial charge in [0.15, 0.2) is 0 Å². The van der Waals surface area contributed by atoms with Gasteiger partial charge in [0, 0.05) is 0 Å². The van der Waals surface area contributed by atoms with E-state index in [1.54, 1.807) is 36.4 Å². The molecule has 0 spiro atoms. The Labute approximate surface area is 181 Å². The van der Waals surface area contributed by atoms with Gasteiger partial charge in [-0.1, -0.05) is 18.2 Å². The van der Waals surface area contributed by atoms with E-state index in [0.29, 0.717) is 24.7 Å². The maximum atomic E-state index is 12.2. The lowest BCUT2D eigenvalue weighted by Gasteiger charge is -2.10. The van der Waals surface area contributed by atoms with Crippen molar-refractivity contribution in [1.82, 2.24) is 5.32 Å². The number of carbonyl (C=O) groups excluding carboxylic acids is 1. The fraction of sp³-hybridized carbons (Fsp3) is 0.200. The Kier molecular flexibility index (Phi) is 7.50. The second-order valence-corrected chi connectivity index (χ2v) is 7.02. The monoisotopic (exact) mass is 416 g/mol. The number of carbonyl (C=O) groups is 1. The Hall–Kier alpha value is -3.98. The highest BCUT2D eigenvalue weighted by molar-refractivity contribution is 6.01. The highest BCUT2D eigenvalue weighted by atomic mass is 16.5. The second kappa shape index (κ2) is 10.7. The van der Waals surface area contributed by atoms with Gasteiger partial charge in [-0.15, -0.1) is 0 Å². The molecule has 3 rings (SSSR count). The molecule has 1 N–H and O–H groups in total. The summed E-state index contributed by atoms with van der Waals surface area (Å²) in [7, 11) is 0. The highest BCUT2D eigenvalue weighted by Gasteiger charge is 2.09. The van der Waals surface area contributed by atoms with Gasteiger partial charge in [-0.3, -0.25) is 4.79 Å². The fourth-order valence-corrected chi connectivity index (χ4v) is 2.99. The van der Waals surface area contributed by atoms with E-state index < -0.39 is 5.91 Å². The highest BCUT2D eigenvalue weighted by Crippen LogP contribution is 2.17. The van der Waals surface area contributed by atoms with Crippen LogP contribution in [-0.2, 0) is 11.3 Å². The summed E-state index contributed by atoms with van der Waals surface area (Å²) < 4.78 is 16.6. The minimum Gasteiger partial charge on any atom is -0.490 e. The predicted octanol–water partition coefficient (Wildman–Crippen LogP) is 4.58. The molecule has 31 heavy (non-hydrogen) atoms. The quantitative estimate of drug-likeness (QED) is 0.314. The van der Waals surface area contributed by atoms with Gasteiger partial charge in [0.1, 0.15) is 42.1 Å². The van der Waals surface area contributed by atoms with Crippen LogP contribution in [-0.4, -0.2) is 19.1 Å². The molecule has 158 valence electrons. The molecule has 1 heterocycles. The number of benzene rings is 2. The maximum Gasteiger partial charge on any atom is 0.262 e. The average molecular weight is 416 g/mol. The molecule has 1 aromatic heterocycles. The molecule has 0 unspecified atom stereocenters. The zero-order valence-corrected chi connectivity index (χ0v) is 17.6. The van der Waals surface area contributed by atoms with Crippen molar-refractivity contribution in [1.29, 1.82) is 5.26 Å². The number of hydrogen-bond donors (Lipinski definition) is 1. The molecule has 0 fully saturated rings. The summed E-state index contributed by atoms with van der Waals surface area (Å²) in [5.74, 6) is 1.68. The minimum atomic E-state index is -0.456.